The van der Waals surface area contributed by atoms with E-state index in [9.17, 15) is 9.59 Å². The molecular formula is C29H21ClN2O4. The van der Waals surface area contributed by atoms with Crippen molar-refractivity contribution in [2.75, 3.05) is 0 Å². The van der Waals surface area contributed by atoms with Crippen molar-refractivity contribution in [3.05, 3.63) is 123 Å². The molecule has 0 saturated heterocycles. The van der Waals surface area contributed by atoms with Crippen molar-refractivity contribution in [2.45, 2.75) is 25.2 Å². The fourth-order valence-corrected chi connectivity index (χ4v) is 4.93. The number of halogens is 1. The van der Waals surface area contributed by atoms with E-state index in [2.05, 4.69) is 0 Å². The van der Waals surface area contributed by atoms with Crippen LogP contribution in [0.4, 0.5) is 0 Å². The normalized spacial score (nSPS) is 16.7. The molecule has 36 heavy (non-hydrogen) atoms. The monoisotopic (exact) mass is 496 g/mol. The maximum Gasteiger partial charge on any atom is 0.312 e. The molecule has 0 radical (unpaired) electrons. The summed E-state index contributed by atoms with van der Waals surface area (Å²) in [6, 6.07) is 25.6. The van der Waals surface area contributed by atoms with Crippen molar-refractivity contribution >= 4 is 17.4 Å². The number of aromatic nitrogens is 2. The molecular weight excluding hydrogens is 476 g/mol. The molecule has 7 heteroatoms. The number of hydrogen-bond donors (Lipinski definition) is 0. The molecule has 2 aliphatic rings. The van der Waals surface area contributed by atoms with Gasteiger partial charge < -0.3 is 9.47 Å². The second-order valence-corrected chi connectivity index (χ2v) is 9.14. The van der Waals surface area contributed by atoms with E-state index in [0.717, 1.165) is 5.56 Å². The van der Waals surface area contributed by atoms with E-state index in [4.69, 9.17) is 26.1 Å². The number of fused-ring (bicyclic) bond motifs is 1. The molecule has 2 heterocycles. The number of benzene rings is 3. The summed E-state index contributed by atoms with van der Waals surface area (Å²) in [6.45, 7) is 0. The third-order valence-corrected chi connectivity index (χ3v) is 6.68. The molecule has 0 N–H and O–H groups in total. The van der Waals surface area contributed by atoms with Gasteiger partial charge in [0.2, 0.25) is 5.88 Å². The number of para-hydroxylation sites is 1. The third-order valence-electron chi connectivity index (χ3n) is 6.43. The second kappa shape index (κ2) is 9.13. The van der Waals surface area contributed by atoms with Crippen LogP contribution in [0.25, 0.3) is 5.69 Å². The van der Waals surface area contributed by atoms with Crippen LogP contribution in [-0.2, 0) is 4.79 Å². The number of carbonyl (C=O) groups excluding carboxylic acids is 1. The van der Waals surface area contributed by atoms with E-state index in [1.807, 2.05) is 48.5 Å². The third kappa shape index (κ3) is 3.89. The number of ether oxygens (including phenoxy) is 2. The smallest absolute Gasteiger partial charge is 0.312 e. The molecule has 1 unspecified atom stereocenters. The van der Waals surface area contributed by atoms with Crippen molar-refractivity contribution in [3.63, 3.8) is 0 Å². The molecule has 0 bridgehead atoms. The predicted octanol–water partition coefficient (Wildman–Crippen LogP) is 6.21. The zero-order valence-electron chi connectivity index (χ0n) is 19.2. The zero-order chi connectivity index (χ0) is 24.6. The first kappa shape index (κ1) is 22.3. The van der Waals surface area contributed by atoms with Gasteiger partial charge in [-0.15, -0.1) is 0 Å². The molecule has 6 nitrogen and oxygen atoms in total. The molecule has 0 spiro atoms. The number of carbonyl (C=O) groups is 1. The second-order valence-electron chi connectivity index (χ2n) is 8.70. The lowest BCUT2D eigenvalue weighted by Gasteiger charge is -2.32. The van der Waals surface area contributed by atoms with Crippen LogP contribution in [0.5, 0.6) is 17.6 Å². The van der Waals surface area contributed by atoms with Gasteiger partial charge in [0.1, 0.15) is 11.5 Å². The molecule has 0 fully saturated rings. The average molecular weight is 497 g/mol. The largest absolute Gasteiger partial charge is 0.442 e. The summed E-state index contributed by atoms with van der Waals surface area (Å²) in [5.74, 6) is 0.683. The predicted molar refractivity (Wildman–Crippen MR) is 136 cm³/mol. The first-order valence-electron chi connectivity index (χ1n) is 11.7. The number of rotatable bonds is 4. The lowest BCUT2D eigenvalue weighted by atomic mass is 9.78. The van der Waals surface area contributed by atoms with Crippen LogP contribution in [0.1, 0.15) is 36.3 Å². The highest BCUT2D eigenvalue weighted by atomic mass is 35.5. The Kier molecular flexibility index (Phi) is 5.66. The van der Waals surface area contributed by atoms with Crippen LogP contribution < -0.4 is 15.0 Å². The van der Waals surface area contributed by atoms with Crippen LogP contribution in [-0.4, -0.2) is 15.3 Å². The summed E-state index contributed by atoms with van der Waals surface area (Å²) in [7, 11) is 0. The Balaban J connectivity index is 1.62. The number of nitrogens with zero attached hydrogens (tertiary/aromatic N) is 2. The highest BCUT2D eigenvalue weighted by molar-refractivity contribution is 6.30. The number of ketones is 1. The zero-order valence-corrected chi connectivity index (χ0v) is 19.9. The fraction of sp³-hybridized carbons (Fsp3) is 0.138. The molecule has 0 amide bonds. The minimum Gasteiger partial charge on any atom is -0.442 e. The van der Waals surface area contributed by atoms with Gasteiger partial charge in [0, 0.05) is 23.4 Å². The highest BCUT2D eigenvalue weighted by Gasteiger charge is 2.40. The Bertz CT molecular complexity index is 1540. The lowest BCUT2D eigenvalue weighted by molar-refractivity contribution is -0.116. The summed E-state index contributed by atoms with van der Waals surface area (Å²) >= 11 is 6.12. The van der Waals surface area contributed by atoms with Gasteiger partial charge in [0.15, 0.2) is 5.78 Å². The molecule has 0 saturated carbocycles. The Morgan fingerprint density at radius 2 is 1.58 bits per heavy atom. The van der Waals surface area contributed by atoms with Crippen molar-refractivity contribution in [3.8, 4) is 23.3 Å². The molecule has 1 aliphatic carbocycles. The quantitative estimate of drug-likeness (QED) is 0.336. The van der Waals surface area contributed by atoms with Crippen molar-refractivity contribution in [2.24, 2.45) is 0 Å². The van der Waals surface area contributed by atoms with Crippen molar-refractivity contribution in [1.82, 2.24) is 9.55 Å². The van der Waals surface area contributed by atoms with Gasteiger partial charge >= 0.3 is 6.01 Å². The number of Topliss-reactive ketones (excluding diaryl/α,β-unsaturated/α-hetero) is 1. The minimum absolute atomic E-state index is 0.00203. The Hall–Kier alpha value is -4.16. The molecule has 1 atom stereocenters. The number of allylic oxidation sites excluding steroid dienone is 2. The van der Waals surface area contributed by atoms with E-state index >= 15 is 0 Å². The van der Waals surface area contributed by atoms with E-state index < -0.39 is 5.92 Å². The van der Waals surface area contributed by atoms with Crippen LogP contribution in [0, 0.1) is 0 Å². The van der Waals surface area contributed by atoms with E-state index in [1.54, 1.807) is 36.4 Å². The molecule has 1 aromatic heterocycles. The molecule has 4 aromatic rings. The summed E-state index contributed by atoms with van der Waals surface area (Å²) < 4.78 is 13.7. The van der Waals surface area contributed by atoms with Crippen molar-refractivity contribution < 1.29 is 14.3 Å². The summed E-state index contributed by atoms with van der Waals surface area (Å²) in [6.07, 6.45) is 1.74. The maximum atomic E-state index is 14.3. The van der Waals surface area contributed by atoms with Gasteiger partial charge in [-0.3, -0.25) is 9.59 Å². The van der Waals surface area contributed by atoms with E-state index in [0.29, 0.717) is 52.6 Å². The summed E-state index contributed by atoms with van der Waals surface area (Å²) in [4.78, 5) is 32.1. The van der Waals surface area contributed by atoms with Gasteiger partial charge in [-0.05, 0) is 48.4 Å². The van der Waals surface area contributed by atoms with Crippen molar-refractivity contribution in [1.29, 1.82) is 0 Å². The van der Waals surface area contributed by atoms with E-state index in [-0.39, 0.29) is 23.2 Å². The Labute approximate surface area is 212 Å². The first-order valence-corrected chi connectivity index (χ1v) is 12.1. The standard InChI is InChI=1S/C29H21ClN2O4/c30-19-14-16-20(17-15-19)32-28(34)26-24(18-8-3-1-4-9-18)25-22(33)12-7-13-23(25)36-27(26)31-29(32)35-21-10-5-2-6-11-21/h1-6,8-11,14-17,24H,7,12-13H2. The SMILES string of the molecule is O=C1CCCC2=C1C(c1ccccc1)c1c(nc(Oc3ccccc3)n(-c3ccc(Cl)cc3)c1=O)O2. The fourth-order valence-electron chi connectivity index (χ4n) is 4.80. The van der Waals surface area contributed by atoms with Crippen LogP contribution in [0.2, 0.25) is 5.02 Å². The lowest BCUT2D eigenvalue weighted by Crippen LogP contribution is -2.34. The van der Waals surface area contributed by atoms with Crippen LogP contribution in [0.3, 0.4) is 0 Å². The molecule has 1 aliphatic heterocycles. The molecule has 3 aromatic carbocycles. The summed E-state index contributed by atoms with van der Waals surface area (Å²) in [5.41, 5.74) is 1.85. The minimum atomic E-state index is -0.581. The first-order chi connectivity index (χ1) is 17.6. The average Bonchev–Trinajstić information content (AvgIpc) is 2.90. The van der Waals surface area contributed by atoms with Gasteiger partial charge in [-0.2, -0.15) is 4.98 Å². The van der Waals surface area contributed by atoms with E-state index in [1.165, 1.54) is 4.57 Å². The maximum absolute atomic E-state index is 14.3. The number of hydrogen-bond acceptors (Lipinski definition) is 5. The highest BCUT2D eigenvalue weighted by Crippen LogP contribution is 2.45. The topological polar surface area (TPSA) is 70.4 Å². The Morgan fingerprint density at radius 3 is 2.31 bits per heavy atom. The van der Waals surface area contributed by atoms with Gasteiger partial charge in [0.05, 0.1) is 17.2 Å². The Morgan fingerprint density at radius 1 is 0.889 bits per heavy atom. The van der Waals surface area contributed by atoms with Crippen LogP contribution >= 0.6 is 11.6 Å². The molecule has 178 valence electrons. The summed E-state index contributed by atoms with van der Waals surface area (Å²) in [5, 5.41) is 0.538. The van der Waals surface area contributed by atoms with Gasteiger partial charge in [-0.25, -0.2) is 4.57 Å². The van der Waals surface area contributed by atoms with Gasteiger partial charge in [-0.1, -0.05) is 60.1 Å². The van der Waals surface area contributed by atoms with Gasteiger partial charge in [0.25, 0.3) is 5.56 Å². The molecule has 6 rings (SSSR count). The van der Waals surface area contributed by atoms with Crippen LogP contribution in [0.15, 0.2) is 101 Å².